The summed E-state index contributed by atoms with van der Waals surface area (Å²) in [5, 5.41) is 11.8. The van der Waals surface area contributed by atoms with Gasteiger partial charge in [0.15, 0.2) is 5.76 Å². The van der Waals surface area contributed by atoms with Crippen molar-refractivity contribution in [2.75, 3.05) is 19.5 Å². The number of allylic oxidation sites excluding steroid dienone is 12. The molecule has 0 saturated heterocycles. The van der Waals surface area contributed by atoms with Gasteiger partial charge in [0.1, 0.15) is 19.4 Å². The first kappa shape index (κ1) is 53.9. The molecule has 2 aliphatic rings. The van der Waals surface area contributed by atoms with Crippen molar-refractivity contribution in [3.63, 3.8) is 0 Å². The van der Waals surface area contributed by atoms with Crippen LogP contribution >= 0.6 is 34.8 Å². The lowest BCUT2D eigenvalue weighted by Crippen LogP contribution is -2.31. The van der Waals surface area contributed by atoms with Crippen molar-refractivity contribution < 1.29 is 27.5 Å². The second kappa shape index (κ2) is 32.0. The van der Waals surface area contributed by atoms with Gasteiger partial charge in [0.25, 0.3) is 0 Å². The second-order valence-electron chi connectivity index (χ2n) is 11.1. The minimum atomic E-state index is -3.57. The third-order valence-electron chi connectivity index (χ3n) is 6.90. The topological polar surface area (TPSA) is 104 Å². The Morgan fingerprint density at radius 2 is 1.70 bits per heavy atom. The standard InChI is InChI=1S/C21H25Cl2FN2O3S.C9H13Cl.C7H10.C2H6.2CH2O/c1-15(23)21(27)20(10-11-22)26(13-16-6-8-18(24)9-7-16)14-17-4-3-5-19(12-17)30(28,29)25-2;1-3-8-4-7(2)5-9(10)6-8;1-4-5-6-7(2)3;3*1-2/h3,5-10,12,17,25,27H,4,11,13-14H2,1-2H3;4,6-7H,3,5H2,1-2H3;4-6H,1-2H2,3H3;1-2H3;2*1H2/b20-10+,21-15-;;6-5-;;;. The van der Waals surface area contributed by atoms with Crippen molar-refractivity contribution in [1.82, 2.24) is 9.62 Å². The molecule has 0 bridgehead atoms. The number of carbonyl (C=O) groups excluding carboxylic acids is 2. The van der Waals surface area contributed by atoms with Crippen LogP contribution in [0, 0.1) is 17.7 Å². The number of nitrogens with zero attached hydrogens (tertiary/aromatic N) is 1. The van der Waals surface area contributed by atoms with Crippen molar-refractivity contribution in [1.29, 1.82) is 0 Å². The van der Waals surface area contributed by atoms with Crippen LogP contribution in [0.5, 0.6) is 0 Å². The van der Waals surface area contributed by atoms with Crippen LogP contribution in [0.25, 0.3) is 0 Å². The molecule has 0 radical (unpaired) electrons. The maximum absolute atomic E-state index is 13.3. The molecule has 53 heavy (non-hydrogen) atoms. The Morgan fingerprint density at radius 1 is 1.11 bits per heavy atom. The van der Waals surface area contributed by atoms with Crippen molar-refractivity contribution in [2.24, 2.45) is 11.8 Å². The SMILES string of the molecule is C=C/C=C\C(=C)C.C=O.C=O.CC.CCC1=CC(C)CC(Cl)=C1.CNS(=O)(=O)C1=CC(CN(Cc2ccc(F)cc2)C(=C/CCl)/C(O)=C(\C)Cl)CC=C1. The molecule has 2 atom stereocenters. The minimum Gasteiger partial charge on any atom is -0.505 e. The lowest BCUT2D eigenvalue weighted by atomic mass is 9.97. The molecule has 1 aromatic rings. The molecular formula is C41H58Cl3FN2O5S. The van der Waals surface area contributed by atoms with Crippen LogP contribution in [0.1, 0.15) is 66.4 Å². The molecule has 2 aliphatic carbocycles. The highest BCUT2D eigenvalue weighted by Gasteiger charge is 2.23. The minimum absolute atomic E-state index is 0.113. The molecule has 0 aromatic heterocycles. The Bertz CT molecular complexity index is 1560. The summed E-state index contributed by atoms with van der Waals surface area (Å²) >= 11 is 17.9. The van der Waals surface area contributed by atoms with Crippen LogP contribution in [-0.4, -0.2) is 51.5 Å². The van der Waals surface area contributed by atoms with Crippen LogP contribution < -0.4 is 4.72 Å². The Morgan fingerprint density at radius 3 is 2.13 bits per heavy atom. The van der Waals surface area contributed by atoms with Crippen molar-refractivity contribution >= 4 is 58.4 Å². The van der Waals surface area contributed by atoms with Crippen molar-refractivity contribution in [3.05, 3.63) is 141 Å². The number of alkyl halides is 1. The van der Waals surface area contributed by atoms with Gasteiger partial charge in [-0.3, -0.25) is 0 Å². The van der Waals surface area contributed by atoms with E-state index in [2.05, 4.69) is 43.9 Å². The van der Waals surface area contributed by atoms with Gasteiger partial charge >= 0.3 is 0 Å². The van der Waals surface area contributed by atoms with E-state index in [4.69, 9.17) is 44.4 Å². The summed E-state index contributed by atoms with van der Waals surface area (Å²) in [7, 11) is -2.20. The molecule has 1 aromatic carbocycles. The maximum atomic E-state index is 13.3. The van der Waals surface area contributed by atoms with Gasteiger partial charge in [-0.15, -0.1) is 11.6 Å². The zero-order chi connectivity index (χ0) is 41.6. The molecule has 2 unspecified atom stereocenters. The summed E-state index contributed by atoms with van der Waals surface area (Å²) in [5.74, 6) is 0.174. The van der Waals surface area contributed by atoms with Crippen LogP contribution in [0.15, 0.2) is 130 Å². The van der Waals surface area contributed by atoms with E-state index in [9.17, 15) is 17.9 Å². The number of hydrogen-bond donors (Lipinski definition) is 2. The summed E-state index contributed by atoms with van der Waals surface area (Å²) in [6.45, 7) is 23.8. The highest BCUT2D eigenvalue weighted by Crippen LogP contribution is 2.28. The molecule has 12 heteroatoms. The first-order valence-corrected chi connectivity index (χ1v) is 19.7. The summed E-state index contributed by atoms with van der Waals surface area (Å²) < 4.78 is 40.0. The van der Waals surface area contributed by atoms with Gasteiger partial charge in [0.2, 0.25) is 10.0 Å². The molecule has 0 fully saturated rings. The predicted octanol–water partition coefficient (Wildman–Crippen LogP) is 11.2. The zero-order valence-electron chi connectivity index (χ0n) is 32.2. The molecule has 0 saturated carbocycles. The van der Waals surface area contributed by atoms with Crippen LogP contribution in [-0.2, 0) is 26.2 Å². The Labute approximate surface area is 333 Å². The first-order chi connectivity index (χ1) is 25.2. The number of carbonyl (C=O) groups is 2. The van der Waals surface area contributed by atoms with Gasteiger partial charge in [-0.2, -0.15) is 0 Å². The van der Waals surface area contributed by atoms with E-state index in [1.165, 1.54) is 24.8 Å². The van der Waals surface area contributed by atoms with Crippen molar-refractivity contribution in [2.45, 2.75) is 67.3 Å². The number of aliphatic hydroxyl groups excluding tert-OH is 1. The maximum Gasteiger partial charge on any atom is 0.239 e. The highest BCUT2D eigenvalue weighted by atomic mass is 35.5. The number of sulfonamides is 1. The van der Waals surface area contributed by atoms with Gasteiger partial charge in [-0.05, 0) is 87.9 Å². The molecule has 0 heterocycles. The molecule has 3 rings (SSSR count). The van der Waals surface area contributed by atoms with E-state index in [1.807, 2.05) is 51.4 Å². The molecule has 2 N–H and O–H groups in total. The average molecular weight is 816 g/mol. The third-order valence-corrected chi connectivity index (χ3v) is 8.93. The van der Waals surface area contributed by atoms with E-state index in [0.29, 0.717) is 31.1 Å². The number of aliphatic hydroxyl groups is 1. The van der Waals surface area contributed by atoms with Gasteiger partial charge in [-0.1, -0.05) is 124 Å². The van der Waals surface area contributed by atoms with E-state index < -0.39 is 10.0 Å². The number of nitrogens with one attached hydrogen (secondary N) is 1. The van der Waals surface area contributed by atoms with E-state index in [-0.39, 0.29) is 33.3 Å². The molecule has 7 nitrogen and oxygen atoms in total. The summed E-state index contributed by atoms with van der Waals surface area (Å²) in [6.07, 6.45) is 19.3. The average Bonchev–Trinajstić information content (AvgIpc) is 3.16. The lowest BCUT2D eigenvalue weighted by Gasteiger charge is -2.31. The zero-order valence-corrected chi connectivity index (χ0v) is 35.3. The number of benzene rings is 1. The molecule has 0 amide bonds. The Balaban J connectivity index is -0.000000885. The smallest absolute Gasteiger partial charge is 0.239 e. The van der Waals surface area contributed by atoms with Crippen molar-refractivity contribution in [3.8, 4) is 0 Å². The van der Waals surface area contributed by atoms with Crippen LogP contribution in [0.3, 0.4) is 0 Å². The second-order valence-corrected chi connectivity index (χ2v) is 14.4. The summed E-state index contributed by atoms with van der Waals surface area (Å²) in [6, 6.07) is 6.04. The predicted molar refractivity (Wildman–Crippen MR) is 226 cm³/mol. The summed E-state index contributed by atoms with van der Waals surface area (Å²) in [5.41, 5.74) is 3.68. The van der Waals surface area contributed by atoms with Crippen LogP contribution in [0.2, 0.25) is 0 Å². The fourth-order valence-electron chi connectivity index (χ4n) is 4.60. The molecular weight excluding hydrogens is 758 g/mol. The normalized spacial score (nSPS) is 16.6. The quantitative estimate of drug-likeness (QED) is 0.124. The number of hydrogen-bond acceptors (Lipinski definition) is 6. The molecule has 0 aliphatic heterocycles. The van der Waals surface area contributed by atoms with Gasteiger partial charge < -0.3 is 19.6 Å². The number of halogens is 4. The van der Waals surface area contributed by atoms with Crippen LogP contribution in [0.4, 0.5) is 4.39 Å². The third kappa shape index (κ3) is 23.7. The van der Waals surface area contributed by atoms with E-state index in [0.717, 1.165) is 29.0 Å². The van der Waals surface area contributed by atoms with E-state index >= 15 is 0 Å². The van der Waals surface area contributed by atoms with Gasteiger partial charge in [0.05, 0.1) is 15.6 Å². The first-order valence-electron chi connectivity index (χ1n) is 16.9. The monoisotopic (exact) mass is 814 g/mol. The fourth-order valence-corrected chi connectivity index (χ4v) is 6.11. The fraction of sp³-hybridized carbons (Fsp3) is 0.366. The van der Waals surface area contributed by atoms with Gasteiger partial charge in [-0.25, -0.2) is 17.5 Å². The molecule has 0 spiro atoms. The number of rotatable bonds is 12. The highest BCUT2D eigenvalue weighted by molar-refractivity contribution is 7.93. The Kier molecular flexibility index (Phi) is 32.5. The largest absolute Gasteiger partial charge is 0.505 e. The summed E-state index contributed by atoms with van der Waals surface area (Å²) in [4.78, 5) is 18.1. The van der Waals surface area contributed by atoms with E-state index in [1.54, 1.807) is 49.4 Å². The lowest BCUT2D eigenvalue weighted by molar-refractivity contribution is -0.0987. The molecule has 296 valence electrons. The van der Waals surface area contributed by atoms with Gasteiger partial charge in [0, 0.05) is 24.0 Å². The Hall–Kier alpha value is -3.47.